The number of hydrogen-bond donors (Lipinski definition) is 1. The monoisotopic (exact) mass is 156 g/mol. The largest absolute Gasteiger partial charge is 0.282 e. The Kier molecular flexibility index (Phi) is 1.67. The van der Waals surface area contributed by atoms with Gasteiger partial charge in [0.25, 0.3) is 0 Å². The van der Waals surface area contributed by atoms with Gasteiger partial charge in [-0.25, -0.2) is 0 Å². The molecule has 1 aromatic carbocycles. The van der Waals surface area contributed by atoms with E-state index in [0.717, 1.165) is 11.3 Å². The summed E-state index contributed by atoms with van der Waals surface area (Å²) >= 11 is 0. The van der Waals surface area contributed by atoms with Gasteiger partial charge in [-0.05, 0) is 6.07 Å². The van der Waals surface area contributed by atoms with Crippen LogP contribution in [0.3, 0.4) is 0 Å². The molecule has 0 amide bonds. The Labute approximate surface area is 71.3 Å². The molecule has 0 saturated heterocycles. The van der Waals surface area contributed by atoms with Crippen LogP contribution in [-0.4, -0.2) is 10.2 Å². The third kappa shape index (κ3) is 1.23. The Bertz CT molecular complexity index is 362. The molecule has 12 heavy (non-hydrogen) atoms. The Morgan fingerprint density at radius 3 is 2.50 bits per heavy atom. The van der Waals surface area contributed by atoms with Crippen molar-refractivity contribution < 1.29 is 0 Å². The topological polar surface area (TPSA) is 28.7 Å². The molecule has 2 nitrogen and oxygen atoms in total. The van der Waals surface area contributed by atoms with Gasteiger partial charge in [0.15, 0.2) is 0 Å². The number of aromatic amines is 1. The minimum Gasteiger partial charge on any atom is -0.282 e. The van der Waals surface area contributed by atoms with E-state index in [0.29, 0.717) is 5.69 Å². The minimum absolute atomic E-state index is 0.592. The second-order valence-corrected chi connectivity index (χ2v) is 2.57. The molecule has 1 heterocycles. The fourth-order valence-electron chi connectivity index (χ4n) is 1.09. The normalized spacial score (nSPS) is 10.1. The van der Waals surface area contributed by atoms with Gasteiger partial charge < -0.3 is 0 Å². The second-order valence-electron chi connectivity index (χ2n) is 2.57. The van der Waals surface area contributed by atoms with E-state index in [1.54, 1.807) is 0 Å². The van der Waals surface area contributed by atoms with Crippen molar-refractivity contribution in [3.8, 4) is 11.3 Å². The molecule has 1 aromatic heterocycles. The zero-order valence-electron chi connectivity index (χ0n) is 6.49. The van der Waals surface area contributed by atoms with Gasteiger partial charge in [-0.2, -0.15) is 5.10 Å². The number of rotatable bonds is 1. The van der Waals surface area contributed by atoms with Crippen LogP contribution in [0.1, 0.15) is 5.69 Å². The fraction of sp³-hybridized carbons (Fsp3) is 0. The molecular weight excluding hydrogens is 148 g/mol. The van der Waals surface area contributed by atoms with Crippen LogP contribution in [0.4, 0.5) is 0 Å². The summed E-state index contributed by atoms with van der Waals surface area (Å²) < 4.78 is 0. The predicted octanol–water partition coefficient (Wildman–Crippen LogP) is 2.14. The first-order valence-corrected chi connectivity index (χ1v) is 3.72. The van der Waals surface area contributed by atoms with Crippen molar-refractivity contribution in [3.63, 3.8) is 0 Å². The van der Waals surface area contributed by atoms with Crippen molar-refractivity contribution in [2.24, 2.45) is 0 Å². The van der Waals surface area contributed by atoms with Gasteiger partial charge in [0.2, 0.25) is 0 Å². The quantitative estimate of drug-likeness (QED) is 0.673. The molecule has 0 atom stereocenters. The number of hydrogen-bond acceptors (Lipinski definition) is 1. The number of nitrogens with one attached hydrogen (secondary N) is 1. The summed E-state index contributed by atoms with van der Waals surface area (Å²) in [5.74, 6) is 0. The van der Waals surface area contributed by atoms with Crippen LogP contribution in [0.2, 0.25) is 0 Å². The lowest BCUT2D eigenvalue weighted by Crippen LogP contribution is -1.75. The maximum absolute atomic E-state index is 5.50. The molecule has 58 valence electrons. The van der Waals surface area contributed by atoms with Crippen LogP contribution in [0.15, 0.2) is 36.4 Å². The van der Waals surface area contributed by atoms with Crippen molar-refractivity contribution in [1.29, 1.82) is 0 Å². The third-order valence-electron chi connectivity index (χ3n) is 1.67. The van der Waals surface area contributed by atoms with Crippen LogP contribution in [0.25, 0.3) is 11.3 Å². The Morgan fingerprint density at radius 1 is 1.17 bits per heavy atom. The van der Waals surface area contributed by atoms with Crippen molar-refractivity contribution >= 4 is 0 Å². The zero-order valence-corrected chi connectivity index (χ0v) is 6.49. The van der Waals surface area contributed by atoms with Gasteiger partial charge >= 0.3 is 0 Å². The lowest BCUT2D eigenvalue weighted by Gasteiger charge is -1.92. The molecule has 0 saturated carbocycles. The fourth-order valence-corrected chi connectivity index (χ4v) is 1.09. The van der Waals surface area contributed by atoms with Gasteiger partial charge in [-0.3, -0.25) is 5.10 Å². The molecule has 0 bridgehead atoms. The number of H-pyrrole nitrogens is 1. The molecule has 2 heteroatoms. The highest BCUT2D eigenvalue weighted by Gasteiger charge is 1.98. The van der Waals surface area contributed by atoms with E-state index in [2.05, 4.69) is 10.2 Å². The summed E-state index contributed by atoms with van der Waals surface area (Å²) in [4.78, 5) is 0. The molecule has 2 aromatic rings. The molecular formula is C10H8N2. The average Bonchev–Trinajstić information content (AvgIpc) is 2.54. The van der Waals surface area contributed by atoms with Crippen LogP contribution >= 0.6 is 0 Å². The number of nitrogens with zero attached hydrogens (tertiary/aromatic N) is 1. The van der Waals surface area contributed by atoms with Gasteiger partial charge in [0, 0.05) is 18.2 Å². The van der Waals surface area contributed by atoms with E-state index < -0.39 is 0 Å². The highest BCUT2D eigenvalue weighted by atomic mass is 15.1. The van der Waals surface area contributed by atoms with Gasteiger partial charge in [-0.1, -0.05) is 30.3 Å². The maximum atomic E-state index is 5.50. The smallest absolute Gasteiger partial charge is 0.0923 e. The Morgan fingerprint density at radius 2 is 1.92 bits per heavy atom. The summed E-state index contributed by atoms with van der Waals surface area (Å²) in [5, 5.41) is 6.73. The van der Waals surface area contributed by atoms with Gasteiger partial charge in [0.05, 0.1) is 5.69 Å². The first-order chi connectivity index (χ1) is 5.86. The SMILES string of the molecule is [CH]c1cc(-c2ccccc2)n[nH]1. The molecule has 1 N–H and O–H groups in total. The van der Waals surface area contributed by atoms with Crippen LogP contribution in [0.5, 0.6) is 0 Å². The summed E-state index contributed by atoms with van der Waals surface area (Å²) in [7, 11) is 0. The third-order valence-corrected chi connectivity index (χ3v) is 1.67. The van der Waals surface area contributed by atoms with E-state index in [9.17, 15) is 0 Å². The summed E-state index contributed by atoms with van der Waals surface area (Å²) in [6.07, 6.45) is 0. The zero-order chi connectivity index (χ0) is 8.39. The summed E-state index contributed by atoms with van der Waals surface area (Å²) in [6.45, 7) is 5.50. The number of benzene rings is 1. The standard InChI is InChI=1S/C10H8N2/c1-8-7-10(12-11-8)9-5-3-2-4-6-9/h1-7H,(H,11,12). The highest BCUT2D eigenvalue weighted by molar-refractivity contribution is 5.58. The maximum Gasteiger partial charge on any atom is 0.0923 e. The first-order valence-electron chi connectivity index (χ1n) is 3.72. The first kappa shape index (κ1) is 7.10. The van der Waals surface area contributed by atoms with Crippen LogP contribution in [0, 0.1) is 6.92 Å². The molecule has 0 aliphatic heterocycles. The predicted molar refractivity (Wildman–Crippen MR) is 47.4 cm³/mol. The minimum atomic E-state index is 0.592. The molecule has 2 radical (unpaired) electrons. The van der Waals surface area contributed by atoms with Crippen molar-refractivity contribution in [1.82, 2.24) is 10.2 Å². The van der Waals surface area contributed by atoms with Crippen molar-refractivity contribution in [2.45, 2.75) is 0 Å². The highest BCUT2D eigenvalue weighted by Crippen LogP contribution is 2.15. The van der Waals surface area contributed by atoms with Crippen LogP contribution in [-0.2, 0) is 0 Å². The summed E-state index contributed by atoms with van der Waals surface area (Å²) in [5.41, 5.74) is 2.55. The van der Waals surface area contributed by atoms with Crippen molar-refractivity contribution in [3.05, 3.63) is 49.0 Å². The van der Waals surface area contributed by atoms with E-state index in [-0.39, 0.29) is 0 Å². The van der Waals surface area contributed by atoms with E-state index in [1.807, 2.05) is 36.4 Å². The molecule has 0 unspecified atom stereocenters. The van der Waals surface area contributed by atoms with E-state index in [1.165, 1.54) is 0 Å². The molecule has 0 aliphatic carbocycles. The van der Waals surface area contributed by atoms with Gasteiger partial charge in [0.1, 0.15) is 0 Å². The summed E-state index contributed by atoms with van der Waals surface area (Å²) in [6, 6.07) is 11.7. The van der Waals surface area contributed by atoms with Crippen LogP contribution < -0.4 is 0 Å². The number of aromatic nitrogens is 2. The lowest BCUT2D eigenvalue weighted by molar-refractivity contribution is 1.07. The lowest BCUT2D eigenvalue weighted by atomic mass is 10.1. The second kappa shape index (κ2) is 2.81. The molecule has 0 spiro atoms. The molecule has 2 rings (SSSR count). The van der Waals surface area contributed by atoms with E-state index in [4.69, 9.17) is 6.92 Å². The Balaban J connectivity index is 2.45. The molecule has 0 aliphatic rings. The molecule has 0 fully saturated rings. The Hall–Kier alpha value is -1.57. The average molecular weight is 156 g/mol. The van der Waals surface area contributed by atoms with Crippen molar-refractivity contribution in [2.75, 3.05) is 0 Å². The van der Waals surface area contributed by atoms with E-state index >= 15 is 0 Å². The van der Waals surface area contributed by atoms with Gasteiger partial charge in [-0.15, -0.1) is 0 Å².